The zero-order chi connectivity index (χ0) is 13.8. The lowest BCUT2D eigenvalue weighted by atomic mass is 10.1. The SMILES string of the molecule is COc1ccc(C#Cc2ccc3ncccc3c2)cc1. The second-order valence-electron chi connectivity index (χ2n) is 4.39. The summed E-state index contributed by atoms with van der Waals surface area (Å²) in [5.41, 5.74) is 2.95. The van der Waals surface area contributed by atoms with E-state index in [1.165, 1.54) is 0 Å². The van der Waals surface area contributed by atoms with Crippen molar-refractivity contribution in [1.82, 2.24) is 4.98 Å². The van der Waals surface area contributed by atoms with Crippen molar-refractivity contribution in [3.8, 4) is 17.6 Å². The van der Waals surface area contributed by atoms with Gasteiger partial charge in [-0.1, -0.05) is 17.9 Å². The lowest BCUT2D eigenvalue weighted by molar-refractivity contribution is 0.415. The Morgan fingerprint density at radius 3 is 2.45 bits per heavy atom. The molecule has 0 bridgehead atoms. The van der Waals surface area contributed by atoms with Crippen molar-refractivity contribution < 1.29 is 4.74 Å². The minimum Gasteiger partial charge on any atom is -0.497 e. The molecule has 0 saturated heterocycles. The molecule has 0 unspecified atom stereocenters. The summed E-state index contributed by atoms with van der Waals surface area (Å²) in [5.74, 6) is 7.16. The van der Waals surface area contributed by atoms with Crippen LogP contribution in [0.5, 0.6) is 5.75 Å². The Hall–Kier alpha value is -2.79. The molecule has 20 heavy (non-hydrogen) atoms. The number of nitrogens with zero attached hydrogens (tertiary/aromatic N) is 1. The van der Waals surface area contributed by atoms with Crippen LogP contribution in [0.3, 0.4) is 0 Å². The number of pyridine rings is 1. The minimum atomic E-state index is 0.840. The molecule has 0 saturated carbocycles. The maximum Gasteiger partial charge on any atom is 0.118 e. The van der Waals surface area contributed by atoms with Crippen LogP contribution in [-0.4, -0.2) is 12.1 Å². The van der Waals surface area contributed by atoms with E-state index < -0.39 is 0 Å². The monoisotopic (exact) mass is 259 g/mol. The molecule has 0 fully saturated rings. The summed E-state index contributed by atoms with van der Waals surface area (Å²) in [6.07, 6.45) is 1.80. The van der Waals surface area contributed by atoms with E-state index in [2.05, 4.69) is 22.9 Å². The average molecular weight is 259 g/mol. The van der Waals surface area contributed by atoms with Crippen LogP contribution in [0.1, 0.15) is 11.1 Å². The Balaban J connectivity index is 1.90. The van der Waals surface area contributed by atoms with Gasteiger partial charge in [-0.2, -0.15) is 0 Å². The lowest BCUT2D eigenvalue weighted by Gasteiger charge is -1.98. The Bertz CT molecular complexity index is 795. The molecule has 1 heterocycles. The molecule has 0 N–H and O–H groups in total. The maximum absolute atomic E-state index is 5.13. The summed E-state index contributed by atoms with van der Waals surface area (Å²) < 4.78 is 5.13. The zero-order valence-corrected chi connectivity index (χ0v) is 11.1. The maximum atomic E-state index is 5.13. The van der Waals surface area contributed by atoms with Gasteiger partial charge in [0.15, 0.2) is 0 Å². The van der Waals surface area contributed by atoms with Gasteiger partial charge in [-0.05, 0) is 48.5 Å². The van der Waals surface area contributed by atoms with E-state index in [9.17, 15) is 0 Å². The van der Waals surface area contributed by atoms with Gasteiger partial charge < -0.3 is 4.74 Å². The molecule has 3 rings (SSSR count). The van der Waals surface area contributed by atoms with Crippen molar-refractivity contribution in [2.75, 3.05) is 7.11 Å². The average Bonchev–Trinajstić information content (AvgIpc) is 2.53. The molecule has 0 spiro atoms. The molecule has 2 nitrogen and oxygen atoms in total. The first-order valence-electron chi connectivity index (χ1n) is 6.36. The molecule has 0 amide bonds. The Morgan fingerprint density at radius 2 is 1.65 bits per heavy atom. The second-order valence-corrected chi connectivity index (χ2v) is 4.39. The fraction of sp³-hybridized carbons (Fsp3) is 0.0556. The zero-order valence-electron chi connectivity index (χ0n) is 11.1. The first-order chi connectivity index (χ1) is 9.85. The number of benzene rings is 2. The van der Waals surface area contributed by atoms with E-state index in [4.69, 9.17) is 4.74 Å². The van der Waals surface area contributed by atoms with Gasteiger partial charge in [0.1, 0.15) is 5.75 Å². The summed E-state index contributed by atoms with van der Waals surface area (Å²) >= 11 is 0. The van der Waals surface area contributed by atoms with Gasteiger partial charge in [-0.3, -0.25) is 4.98 Å². The fourth-order valence-electron chi connectivity index (χ4n) is 1.97. The molecule has 3 aromatic rings. The molecular formula is C18H13NO. The number of methoxy groups -OCH3 is 1. The van der Waals surface area contributed by atoms with Crippen molar-refractivity contribution >= 4 is 10.9 Å². The van der Waals surface area contributed by atoms with Gasteiger partial charge in [0.25, 0.3) is 0 Å². The van der Waals surface area contributed by atoms with E-state index in [1.54, 1.807) is 13.3 Å². The van der Waals surface area contributed by atoms with E-state index in [0.717, 1.165) is 27.8 Å². The van der Waals surface area contributed by atoms with Crippen molar-refractivity contribution in [3.05, 3.63) is 71.9 Å². The molecule has 1 aromatic heterocycles. The number of rotatable bonds is 1. The third kappa shape index (κ3) is 2.62. The van der Waals surface area contributed by atoms with E-state index in [-0.39, 0.29) is 0 Å². The normalized spacial score (nSPS) is 9.85. The van der Waals surface area contributed by atoms with Crippen LogP contribution in [0.25, 0.3) is 10.9 Å². The highest BCUT2D eigenvalue weighted by Gasteiger charge is 1.94. The molecular weight excluding hydrogens is 246 g/mol. The van der Waals surface area contributed by atoms with Crippen LogP contribution in [-0.2, 0) is 0 Å². The van der Waals surface area contributed by atoms with Gasteiger partial charge in [0.05, 0.1) is 12.6 Å². The predicted octanol–water partition coefficient (Wildman–Crippen LogP) is 3.64. The van der Waals surface area contributed by atoms with Crippen LogP contribution in [0, 0.1) is 11.8 Å². The highest BCUT2D eigenvalue weighted by molar-refractivity contribution is 5.79. The molecule has 0 aliphatic rings. The largest absolute Gasteiger partial charge is 0.497 e. The summed E-state index contributed by atoms with van der Waals surface area (Å²) in [7, 11) is 1.66. The van der Waals surface area contributed by atoms with Crippen molar-refractivity contribution in [1.29, 1.82) is 0 Å². The third-order valence-corrected chi connectivity index (χ3v) is 3.04. The van der Waals surface area contributed by atoms with Crippen molar-refractivity contribution in [3.63, 3.8) is 0 Å². The molecule has 0 atom stereocenters. The number of hydrogen-bond donors (Lipinski definition) is 0. The summed E-state index contributed by atoms with van der Waals surface area (Å²) in [6, 6.07) is 17.7. The van der Waals surface area contributed by atoms with E-state index in [0.29, 0.717) is 0 Å². The van der Waals surface area contributed by atoms with Crippen molar-refractivity contribution in [2.24, 2.45) is 0 Å². The summed E-state index contributed by atoms with van der Waals surface area (Å²) in [5, 5.41) is 1.11. The number of ether oxygens (including phenoxy) is 1. The highest BCUT2D eigenvalue weighted by Crippen LogP contribution is 2.13. The van der Waals surface area contributed by atoms with Crippen LogP contribution >= 0.6 is 0 Å². The Kier molecular flexibility index (Phi) is 3.34. The molecule has 0 radical (unpaired) electrons. The van der Waals surface area contributed by atoms with E-state index >= 15 is 0 Å². The number of hydrogen-bond acceptors (Lipinski definition) is 2. The minimum absolute atomic E-state index is 0.840. The smallest absolute Gasteiger partial charge is 0.118 e. The molecule has 2 aromatic carbocycles. The molecule has 96 valence electrons. The highest BCUT2D eigenvalue weighted by atomic mass is 16.5. The summed E-state index contributed by atoms with van der Waals surface area (Å²) in [4.78, 5) is 4.30. The first-order valence-corrected chi connectivity index (χ1v) is 6.36. The standard InChI is InChI=1S/C18H13NO/c1-20-17-9-6-14(7-10-17)4-5-15-8-11-18-16(13-15)3-2-12-19-18/h2-3,6-13H,1H3. The number of fused-ring (bicyclic) bond motifs is 1. The first kappa shape index (κ1) is 12.3. The summed E-state index contributed by atoms with van der Waals surface area (Å²) in [6.45, 7) is 0. The number of aromatic nitrogens is 1. The third-order valence-electron chi connectivity index (χ3n) is 3.04. The molecule has 2 heteroatoms. The Labute approximate surface area is 118 Å². The second kappa shape index (κ2) is 5.46. The fourth-order valence-corrected chi connectivity index (χ4v) is 1.97. The van der Waals surface area contributed by atoms with Gasteiger partial charge in [0.2, 0.25) is 0 Å². The van der Waals surface area contributed by atoms with Crippen molar-refractivity contribution in [2.45, 2.75) is 0 Å². The quantitative estimate of drug-likeness (QED) is 0.622. The van der Waals surface area contributed by atoms with Gasteiger partial charge in [-0.15, -0.1) is 0 Å². The van der Waals surface area contributed by atoms with Gasteiger partial charge >= 0.3 is 0 Å². The van der Waals surface area contributed by atoms with Crippen LogP contribution < -0.4 is 4.74 Å². The predicted molar refractivity (Wildman–Crippen MR) is 80.7 cm³/mol. The Morgan fingerprint density at radius 1 is 0.900 bits per heavy atom. The lowest BCUT2D eigenvalue weighted by Crippen LogP contribution is -1.82. The molecule has 0 aliphatic heterocycles. The van der Waals surface area contributed by atoms with Crippen LogP contribution in [0.2, 0.25) is 0 Å². The van der Waals surface area contributed by atoms with Crippen LogP contribution in [0.15, 0.2) is 60.8 Å². The topological polar surface area (TPSA) is 22.1 Å². The van der Waals surface area contributed by atoms with Gasteiger partial charge in [0, 0.05) is 22.7 Å². The molecule has 0 aliphatic carbocycles. The van der Waals surface area contributed by atoms with E-state index in [1.807, 2.05) is 48.5 Å². The van der Waals surface area contributed by atoms with Gasteiger partial charge in [-0.25, -0.2) is 0 Å². The van der Waals surface area contributed by atoms with Crippen LogP contribution in [0.4, 0.5) is 0 Å².